The fraction of sp³-hybridized carbons (Fsp3) is 0.474. The average molecular weight is 343 g/mol. The third kappa shape index (κ3) is 6.23. The van der Waals surface area contributed by atoms with E-state index < -0.39 is 0 Å². The van der Waals surface area contributed by atoms with Crippen LogP contribution in [0.25, 0.3) is 5.69 Å². The van der Waals surface area contributed by atoms with Crippen LogP contribution in [0, 0.1) is 6.92 Å². The molecule has 1 aromatic carbocycles. The number of methoxy groups -OCH3 is 1. The molecule has 0 atom stereocenters. The van der Waals surface area contributed by atoms with Gasteiger partial charge in [-0.05, 0) is 43.9 Å². The first-order valence-electron chi connectivity index (χ1n) is 8.78. The van der Waals surface area contributed by atoms with Gasteiger partial charge in [-0.1, -0.05) is 18.2 Å². The lowest BCUT2D eigenvalue weighted by Crippen LogP contribution is -2.38. The summed E-state index contributed by atoms with van der Waals surface area (Å²) in [7, 11) is 3.51. The number of benzene rings is 1. The number of para-hydroxylation sites is 1. The molecule has 1 heterocycles. The highest BCUT2D eigenvalue weighted by atomic mass is 16.5. The lowest BCUT2D eigenvalue weighted by atomic mass is 10.1. The number of rotatable bonds is 9. The van der Waals surface area contributed by atoms with Crippen molar-refractivity contribution in [2.24, 2.45) is 4.99 Å². The van der Waals surface area contributed by atoms with E-state index in [2.05, 4.69) is 46.0 Å². The molecular formula is C19H29N5O. The number of ether oxygens (including phenoxy) is 1. The van der Waals surface area contributed by atoms with Gasteiger partial charge in [-0.3, -0.25) is 4.99 Å². The van der Waals surface area contributed by atoms with Crippen LogP contribution in [-0.2, 0) is 11.2 Å². The molecule has 2 N–H and O–H groups in total. The molecule has 0 aliphatic carbocycles. The summed E-state index contributed by atoms with van der Waals surface area (Å²) in [4.78, 5) is 4.23. The second-order valence-electron chi connectivity index (χ2n) is 5.90. The number of guanidine groups is 1. The third-order valence-electron chi connectivity index (χ3n) is 3.98. The largest absolute Gasteiger partial charge is 0.385 e. The number of hydrogen-bond donors (Lipinski definition) is 2. The van der Waals surface area contributed by atoms with Crippen LogP contribution in [0.4, 0.5) is 0 Å². The van der Waals surface area contributed by atoms with Crippen molar-refractivity contribution in [2.45, 2.75) is 26.2 Å². The van der Waals surface area contributed by atoms with Gasteiger partial charge in [0.15, 0.2) is 5.96 Å². The Balaban J connectivity index is 1.75. The Morgan fingerprint density at radius 1 is 1.16 bits per heavy atom. The van der Waals surface area contributed by atoms with E-state index in [9.17, 15) is 0 Å². The van der Waals surface area contributed by atoms with Gasteiger partial charge in [-0.2, -0.15) is 5.10 Å². The van der Waals surface area contributed by atoms with Gasteiger partial charge in [-0.25, -0.2) is 4.68 Å². The maximum Gasteiger partial charge on any atom is 0.190 e. The molecule has 2 aromatic rings. The minimum Gasteiger partial charge on any atom is -0.385 e. The molecule has 0 saturated carbocycles. The first kappa shape index (κ1) is 19.0. The van der Waals surface area contributed by atoms with Crippen LogP contribution < -0.4 is 10.6 Å². The van der Waals surface area contributed by atoms with Crippen LogP contribution in [0.5, 0.6) is 0 Å². The number of aromatic nitrogens is 2. The summed E-state index contributed by atoms with van der Waals surface area (Å²) in [5.74, 6) is 0.841. The second kappa shape index (κ2) is 10.5. The monoisotopic (exact) mass is 343 g/mol. The summed E-state index contributed by atoms with van der Waals surface area (Å²) in [6, 6.07) is 10.2. The van der Waals surface area contributed by atoms with E-state index in [1.165, 1.54) is 5.56 Å². The van der Waals surface area contributed by atoms with Crippen LogP contribution in [0.2, 0.25) is 0 Å². The zero-order valence-electron chi connectivity index (χ0n) is 15.5. The van der Waals surface area contributed by atoms with Crippen LogP contribution >= 0.6 is 0 Å². The van der Waals surface area contributed by atoms with Crippen LogP contribution in [-0.4, -0.2) is 49.6 Å². The van der Waals surface area contributed by atoms with Crippen LogP contribution in [0.15, 0.2) is 41.5 Å². The van der Waals surface area contributed by atoms with Crippen molar-refractivity contribution in [2.75, 3.05) is 33.9 Å². The molecule has 0 spiro atoms. The fourth-order valence-corrected chi connectivity index (χ4v) is 2.58. The Hall–Kier alpha value is -2.34. The van der Waals surface area contributed by atoms with Crippen molar-refractivity contribution in [3.63, 3.8) is 0 Å². The standard InChI is InChI=1S/C19H29N5O/c1-16-17(15-24(23-16)18-10-5-4-6-11-18)9-7-12-21-19(20-2)22-13-8-14-25-3/h4-6,10-11,15H,7-9,12-14H2,1-3H3,(H2,20,21,22). The zero-order valence-corrected chi connectivity index (χ0v) is 15.5. The van der Waals surface area contributed by atoms with E-state index in [0.29, 0.717) is 0 Å². The quantitative estimate of drug-likeness (QED) is 0.417. The van der Waals surface area contributed by atoms with E-state index in [0.717, 1.165) is 56.3 Å². The Morgan fingerprint density at radius 3 is 2.56 bits per heavy atom. The molecule has 136 valence electrons. The SMILES string of the molecule is CN=C(NCCCOC)NCCCc1cn(-c2ccccc2)nc1C. The number of nitrogens with one attached hydrogen (secondary N) is 2. The summed E-state index contributed by atoms with van der Waals surface area (Å²) >= 11 is 0. The predicted octanol–water partition coefficient (Wildman–Crippen LogP) is 2.31. The zero-order chi connectivity index (χ0) is 17.9. The Morgan fingerprint density at radius 2 is 1.88 bits per heavy atom. The van der Waals surface area contributed by atoms with Crippen molar-refractivity contribution in [3.8, 4) is 5.69 Å². The van der Waals surface area contributed by atoms with Gasteiger partial charge in [0.25, 0.3) is 0 Å². The Kier molecular flexibility index (Phi) is 7.98. The number of aryl methyl sites for hydroxylation is 2. The Labute approximate surface area is 150 Å². The van der Waals surface area contributed by atoms with Gasteiger partial charge in [0.1, 0.15) is 0 Å². The van der Waals surface area contributed by atoms with E-state index in [4.69, 9.17) is 4.74 Å². The lowest BCUT2D eigenvalue weighted by molar-refractivity contribution is 0.195. The van der Waals surface area contributed by atoms with Gasteiger partial charge >= 0.3 is 0 Å². The smallest absolute Gasteiger partial charge is 0.190 e. The van der Waals surface area contributed by atoms with Crippen molar-refractivity contribution >= 4 is 5.96 Å². The molecule has 0 unspecified atom stereocenters. The highest BCUT2D eigenvalue weighted by Gasteiger charge is 2.06. The van der Waals surface area contributed by atoms with Gasteiger partial charge in [-0.15, -0.1) is 0 Å². The molecule has 0 aliphatic heterocycles. The van der Waals surface area contributed by atoms with Gasteiger partial charge in [0.2, 0.25) is 0 Å². The molecule has 6 heteroatoms. The molecule has 0 aliphatic rings. The van der Waals surface area contributed by atoms with Crippen molar-refractivity contribution < 1.29 is 4.74 Å². The molecule has 0 amide bonds. The maximum absolute atomic E-state index is 5.04. The molecular weight excluding hydrogens is 314 g/mol. The Bertz CT molecular complexity index is 651. The van der Waals surface area contributed by atoms with Crippen molar-refractivity contribution in [3.05, 3.63) is 47.8 Å². The second-order valence-corrected chi connectivity index (χ2v) is 5.90. The summed E-state index contributed by atoms with van der Waals surface area (Å²) in [6.07, 6.45) is 5.12. The molecule has 0 fully saturated rings. The molecule has 2 rings (SSSR count). The number of hydrogen-bond acceptors (Lipinski definition) is 3. The minimum absolute atomic E-state index is 0.759. The minimum atomic E-state index is 0.759. The normalized spacial score (nSPS) is 11.6. The molecule has 0 saturated heterocycles. The van der Waals surface area contributed by atoms with Crippen LogP contribution in [0.3, 0.4) is 0 Å². The molecule has 0 bridgehead atoms. The van der Waals surface area contributed by atoms with Crippen molar-refractivity contribution in [1.29, 1.82) is 0 Å². The topological polar surface area (TPSA) is 63.5 Å². The van der Waals surface area contributed by atoms with Crippen molar-refractivity contribution in [1.82, 2.24) is 20.4 Å². The molecule has 25 heavy (non-hydrogen) atoms. The molecule has 6 nitrogen and oxygen atoms in total. The summed E-state index contributed by atoms with van der Waals surface area (Å²) in [5, 5.41) is 11.2. The maximum atomic E-state index is 5.04. The highest BCUT2D eigenvalue weighted by Crippen LogP contribution is 2.13. The van der Waals surface area contributed by atoms with Gasteiger partial charge in [0.05, 0.1) is 11.4 Å². The van der Waals surface area contributed by atoms with E-state index in [-0.39, 0.29) is 0 Å². The fourth-order valence-electron chi connectivity index (χ4n) is 2.58. The molecule has 1 aromatic heterocycles. The first-order chi connectivity index (χ1) is 12.2. The third-order valence-corrected chi connectivity index (χ3v) is 3.98. The average Bonchev–Trinajstić information content (AvgIpc) is 3.02. The van der Waals surface area contributed by atoms with E-state index in [1.54, 1.807) is 14.2 Å². The summed E-state index contributed by atoms with van der Waals surface area (Å²) in [6.45, 7) is 4.56. The van der Waals surface area contributed by atoms with E-state index in [1.807, 2.05) is 22.9 Å². The highest BCUT2D eigenvalue weighted by molar-refractivity contribution is 5.79. The van der Waals surface area contributed by atoms with Crippen LogP contribution in [0.1, 0.15) is 24.1 Å². The van der Waals surface area contributed by atoms with Gasteiger partial charge in [0, 0.05) is 40.1 Å². The predicted molar refractivity (Wildman–Crippen MR) is 102 cm³/mol. The summed E-state index contributed by atoms with van der Waals surface area (Å²) in [5.41, 5.74) is 3.47. The molecule has 0 radical (unpaired) electrons. The van der Waals surface area contributed by atoms with E-state index >= 15 is 0 Å². The number of aliphatic imine (C=N–C) groups is 1. The summed E-state index contributed by atoms with van der Waals surface area (Å²) < 4.78 is 6.99. The number of nitrogens with zero attached hydrogens (tertiary/aromatic N) is 3. The van der Waals surface area contributed by atoms with Gasteiger partial charge < -0.3 is 15.4 Å². The first-order valence-corrected chi connectivity index (χ1v) is 8.78. The lowest BCUT2D eigenvalue weighted by Gasteiger charge is -2.11.